The van der Waals surface area contributed by atoms with Crippen LogP contribution in [0, 0.1) is 5.92 Å². The molecule has 0 aliphatic heterocycles. The molecule has 1 fully saturated rings. The Labute approximate surface area is 107 Å². The molecule has 1 amide bonds. The third kappa shape index (κ3) is 3.87. The van der Waals surface area contributed by atoms with E-state index in [0.29, 0.717) is 0 Å². The third-order valence-corrected chi connectivity index (χ3v) is 3.02. The van der Waals surface area contributed by atoms with Crippen molar-refractivity contribution < 1.29 is 9.90 Å². The number of aryl methyl sites for hydroxylation is 1. The first-order valence-corrected chi connectivity index (χ1v) is 6.26. The molecule has 0 radical (unpaired) electrons. The van der Waals surface area contributed by atoms with Crippen LogP contribution in [0.3, 0.4) is 0 Å². The zero-order valence-corrected chi connectivity index (χ0v) is 10.5. The van der Waals surface area contributed by atoms with Crippen LogP contribution >= 0.6 is 0 Å². The number of benzene rings is 1. The van der Waals surface area contributed by atoms with Crippen molar-refractivity contribution in [1.29, 1.82) is 0 Å². The Kier molecular flexibility index (Phi) is 3.97. The number of aromatic hydroxyl groups is 1. The molecule has 1 aliphatic rings. The van der Waals surface area contributed by atoms with Gasteiger partial charge in [0.2, 0.25) is 5.91 Å². The normalized spacial score (nSPS) is 15.5. The molecule has 1 aliphatic carbocycles. The number of nitrogens with zero attached hydrogens (tertiary/aromatic N) is 1. The summed E-state index contributed by atoms with van der Waals surface area (Å²) in [6, 6.07) is 7.14. The monoisotopic (exact) mass is 246 g/mol. The Morgan fingerprint density at radius 2 is 2.06 bits per heavy atom. The van der Waals surface area contributed by atoms with E-state index in [4.69, 9.17) is 5.11 Å². The summed E-state index contributed by atoms with van der Waals surface area (Å²) in [5.74, 6) is 0.512. The highest BCUT2D eigenvalue weighted by Gasteiger charge is 2.29. The van der Waals surface area contributed by atoms with E-state index in [-0.39, 0.29) is 17.6 Å². The van der Waals surface area contributed by atoms with E-state index in [2.05, 4.69) is 10.5 Å². The molecule has 96 valence electrons. The van der Waals surface area contributed by atoms with Gasteiger partial charge < -0.3 is 5.11 Å². The Morgan fingerprint density at radius 1 is 1.39 bits per heavy atom. The minimum atomic E-state index is 0.0407. The van der Waals surface area contributed by atoms with Crippen molar-refractivity contribution in [3.63, 3.8) is 0 Å². The SMILES string of the molecule is CC(CCc1ccc(O)cc1)=NNC(=O)C1CC1. The highest BCUT2D eigenvalue weighted by atomic mass is 16.3. The highest BCUT2D eigenvalue weighted by molar-refractivity contribution is 5.86. The first kappa shape index (κ1) is 12.6. The van der Waals surface area contributed by atoms with Crippen LogP contribution in [-0.2, 0) is 11.2 Å². The summed E-state index contributed by atoms with van der Waals surface area (Å²) in [6.45, 7) is 1.91. The summed E-state index contributed by atoms with van der Waals surface area (Å²) >= 11 is 0. The van der Waals surface area contributed by atoms with Gasteiger partial charge >= 0.3 is 0 Å². The summed E-state index contributed by atoms with van der Waals surface area (Å²) < 4.78 is 0. The van der Waals surface area contributed by atoms with E-state index in [1.54, 1.807) is 12.1 Å². The van der Waals surface area contributed by atoms with Crippen LogP contribution in [0.1, 0.15) is 31.7 Å². The van der Waals surface area contributed by atoms with Gasteiger partial charge in [0.1, 0.15) is 5.75 Å². The minimum Gasteiger partial charge on any atom is -0.508 e. The van der Waals surface area contributed by atoms with Crippen molar-refractivity contribution in [2.24, 2.45) is 11.0 Å². The smallest absolute Gasteiger partial charge is 0.243 e. The number of carbonyl (C=O) groups is 1. The molecule has 4 nitrogen and oxygen atoms in total. The number of rotatable bonds is 5. The van der Waals surface area contributed by atoms with E-state index in [1.165, 1.54) is 0 Å². The number of phenolic OH excluding ortho intramolecular Hbond substituents is 1. The van der Waals surface area contributed by atoms with Gasteiger partial charge in [0.05, 0.1) is 0 Å². The Balaban J connectivity index is 1.76. The Bertz CT molecular complexity index is 447. The maximum Gasteiger partial charge on any atom is 0.243 e. The number of hydrogen-bond acceptors (Lipinski definition) is 3. The molecule has 2 N–H and O–H groups in total. The molecule has 2 rings (SSSR count). The molecule has 1 aromatic rings. The van der Waals surface area contributed by atoms with Crippen LogP contribution in [0.2, 0.25) is 0 Å². The van der Waals surface area contributed by atoms with Crippen molar-refractivity contribution in [3.8, 4) is 5.75 Å². The molecule has 1 aromatic carbocycles. The van der Waals surface area contributed by atoms with E-state index < -0.39 is 0 Å². The van der Waals surface area contributed by atoms with Crippen LogP contribution in [0.4, 0.5) is 0 Å². The van der Waals surface area contributed by atoms with Crippen LogP contribution < -0.4 is 5.43 Å². The van der Waals surface area contributed by atoms with Crippen molar-refractivity contribution >= 4 is 11.6 Å². The maximum absolute atomic E-state index is 11.4. The molecule has 1 saturated carbocycles. The van der Waals surface area contributed by atoms with Gasteiger partial charge in [-0.15, -0.1) is 0 Å². The van der Waals surface area contributed by atoms with Crippen LogP contribution in [0.15, 0.2) is 29.4 Å². The van der Waals surface area contributed by atoms with Crippen molar-refractivity contribution in [1.82, 2.24) is 5.43 Å². The van der Waals surface area contributed by atoms with Crippen molar-refractivity contribution in [3.05, 3.63) is 29.8 Å². The standard InChI is InChI=1S/C14H18N2O2/c1-10(15-16-14(18)12-6-7-12)2-3-11-4-8-13(17)9-5-11/h4-5,8-9,12,17H,2-3,6-7H2,1H3,(H,16,18). The minimum absolute atomic E-state index is 0.0407. The number of nitrogens with one attached hydrogen (secondary N) is 1. The van der Waals surface area contributed by atoms with Gasteiger partial charge in [0, 0.05) is 11.6 Å². The average Bonchev–Trinajstić information content (AvgIpc) is 3.19. The molecule has 0 heterocycles. The lowest BCUT2D eigenvalue weighted by Crippen LogP contribution is -2.20. The largest absolute Gasteiger partial charge is 0.508 e. The van der Waals surface area contributed by atoms with E-state index in [0.717, 1.165) is 37.0 Å². The van der Waals surface area contributed by atoms with E-state index in [9.17, 15) is 4.79 Å². The topological polar surface area (TPSA) is 61.7 Å². The number of phenols is 1. The predicted octanol–water partition coefficient (Wildman–Crippen LogP) is 2.23. The Hall–Kier alpha value is -1.84. The first-order chi connectivity index (χ1) is 8.65. The number of carbonyl (C=O) groups excluding carboxylic acids is 1. The molecule has 0 atom stereocenters. The maximum atomic E-state index is 11.4. The molecular weight excluding hydrogens is 228 g/mol. The summed E-state index contributed by atoms with van der Waals surface area (Å²) in [5.41, 5.74) is 4.66. The molecule has 0 aromatic heterocycles. The van der Waals surface area contributed by atoms with Gasteiger partial charge in [0.25, 0.3) is 0 Å². The number of amides is 1. The molecular formula is C14H18N2O2. The fraction of sp³-hybridized carbons (Fsp3) is 0.429. The van der Waals surface area contributed by atoms with Gasteiger partial charge in [-0.2, -0.15) is 5.10 Å². The van der Waals surface area contributed by atoms with Gasteiger partial charge in [-0.1, -0.05) is 12.1 Å². The molecule has 0 bridgehead atoms. The van der Waals surface area contributed by atoms with E-state index >= 15 is 0 Å². The fourth-order valence-corrected chi connectivity index (χ4v) is 1.63. The van der Waals surface area contributed by atoms with E-state index in [1.807, 2.05) is 19.1 Å². The zero-order chi connectivity index (χ0) is 13.0. The molecule has 18 heavy (non-hydrogen) atoms. The second-order valence-corrected chi connectivity index (χ2v) is 4.76. The fourth-order valence-electron chi connectivity index (χ4n) is 1.63. The molecule has 0 saturated heterocycles. The van der Waals surface area contributed by atoms with Crippen molar-refractivity contribution in [2.75, 3.05) is 0 Å². The lowest BCUT2D eigenvalue weighted by atomic mass is 10.1. The third-order valence-electron chi connectivity index (χ3n) is 3.02. The molecule has 4 heteroatoms. The number of hydrogen-bond donors (Lipinski definition) is 2. The van der Waals surface area contributed by atoms with Crippen LogP contribution in [-0.4, -0.2) is 16.7 Å². The summed E-state index contributed by atoms with van der Waals surface area (Å²) in [6.07, 6.45) is 3.65. The van der Waals surface area contributed by atoms with Gasteiger partial charge in [-0.3, -0.25) is 4.79 Å². The van der Waals surface area contributed by atoms with Crippen LogP contribution in [0.5, 0.6) is 5.75 Å². The van der Waals surface area contributed by atoms with Gasteiger partial charge in [-0.25, -0.2) is 5.43 Å². The Morgan fingerprint density at radius 3 is 2.67 bits per heavy atom. The summed E-state index contributed by atoms with van der Waals surface area (Å²) in [4.78, 5) is 11.4. The predicted molar refractivity (Wildman–Crippen MR) is 70.4 cm³/mol. The lowest BCUT2D eigenvalue weighted by molar-refractivity contribution is -0.122. The van der Waals surface area contributed by atoms with Crippen molar-refractivity contribution in [2.45, 2.75) is 32.6 Å². The van der Waals surface area contributed by atoms with Crippen LogP contribution in [0.25, 0.3) is 0 Å². The summed E-state index contributed by atoms with van der Waals surface area (Å²) in [5, 5.41) is 13.3. The number of hydrazone groups is 1. The second kappa shape index (κ2) is 5.67. The van der Waals surface area contributed by atoms with Gasteiger partial charge in [0.15, 0.2) is 0 Å². The van der Waals surface area contributed by atoms with Gasteiger partial charge in [-0.05, 0) is 50.3 Å². The quantitative estimate of drug-likeness (QED) is 0.618. The molecule has 0 unspecified atom stereocenters. The highest BCUT2D eigenvalue weighted by Crippen LogP contribution is 2.28. The first-order valence-electron chi connectivity index (χ1n) is 6.26. The lowest BCUT2D eigenvalue weighted by Gasteiger charge is -2.03. The average molecular weight is 246 g/mol. The molecule has 0 spiro atoms. The second-order valence-electron chi connectivity index (χ2n) is 4.76. The zero-order valence-electron chi connectivity index (χ0n) is 10.5. The summed E-state index contributed by atoms with van der Waals surface area (Å²) in [7, 11) is 0.